The minimum absolute atomic E-state index is 0.124. The molecule has 8 bridgehead atoms. The third-order valence-corrected chi connectivity index (χ3v) is 23.2. The van der Waals surface area contributed by atoms with E-state index in [4.69, 9.17) is 47.9 Å². The normalized spacial score (nSPS) is 11.6. The van der Waals surface area contributed by atoms with Gasteiger partial charge in [-0.2, -0.15) is 0 Å². The number of nitrogens with one attached hydrogen (secondary N) is 2. The molecule has 4 aromatic carbocycles. The minimum atomic E-state index is -0.461. The summed E-state index contributed by atoms with van der Waals surface area (Å²) in [6.45, 7) is 17.1. The lowest BCUT2D eigenvalue weighted by Crippen LogP contribution is -2.10. The first-order valence-corrected chi connectivity index (χ1v) is 48.8. The van der Waals surface area contributed by atoms with E-state index < -0.39 is 47.8 Å². The molecule has 0 spiro atoms. The molecule has 20 heteroatoms. The van der Waals surface area contributed by atoms with Gasteiger partial charge >= 0.3 is 47.8 Å². The lowest BCUT2D eigenvalue weighted by Gasteiger charge is -2.13. The first kappa shape index (κ1) is 101. The van der Waals surface area contributed by atoms with E-state index in [1.54, 1.807) is 72.8 Å². The van der Waals surface area contributed by atoms with Crippen LogP contribution in [0.15, 0.2) is 97.1 Å². The second kappa shape index (κ2) is 56.5. The van der Waals surface area contributed by atoms with Crippen molar-refractivity contribution in [3.05, 3.63) is 120 Å². The Kier molecular flexibility index (Phi) is 44.6. The van der Waals surface area contributed by atoms with E-state index in [1.165, 1.54) is 0 Å². The van der Waals surface area contributed by atoms with E-state index >= 15 is 0 Å². The summed E-state index contributed by atoms with van der Waals surface area (Å²) < 4.78 is 50.4. The summed E-state index contributed by atoms with van der Waals surface area (Å²) in [5.74, 6) is -2.69. The van der Waals surface area contributed by atoms with Crippen LogP contribution in [0.3, 0.4) is 0 Å². The number of nitrogens with zero attached hydrogens (tertiary/aromatic N) is 2. The molecular formula is C108H142N4O16. The second-order valence-corrected chi connectivity index (χ2v) is 34.4. The Labute approximate surface area is 760 Å². The minimum Gasteiger partial charge on any atom is -0.426 e. The van der Waals surface area contributed by atoms with Crippen LogP contribution in [-0.4, -0.2) is 67.7 Å². The summed E-state index contributed by atoms with van der Waals surface area (Å²) in [5, 5.41) is 0. The highest BCUT2D eigenvalue weighted by atomic mass is 16.6. The van der Waals surface area contributed by atoms with Crippen molar-refractivity contribution in [1.29, 1.82) is 0 Å². The van der Waals surface area contributed by atoms with Crippen LogP contribution in [0.5, 0.6) is 46.0 Å². The average Bonchev–Trinajstić information content (AvgIpc) is 1.59. The molecule has 5 heterocycles. The number of hydrogen-bond donors (Lipinski definition) is 2. The summed E-state index contributed by atoms with van der Waals surface area (Å²) in [6, 6.07) is 27.7. The SMILES string of the molecule is CCCCCCCC(=O)Oc1cc(OC(=O)CCCCCCC)cc(-c2c3nc(c(-c4cc(OC(=O)CCCCCCC)cc(OC(=O)CCCCCCC)c4)c4ccc([nH]4)c(-c4cc(OC(=O)CCCCCCC)cc(OC(=O)CCCCCCC)c4)c4nc(c(-c5cc(OC(=O)CCCCCCC)cc(OC(=O)CCCCCCC)c5)c5ccc2[nH]5)C=C4)C=C3)c1. The molecule has 0 fully saturated rings. The van der Waals surface area contributed by atoms with Gasteiger partial charge in [0.25, 0.3) is 0 Å². The zero-order valence-electron chi connectivity index (χ0n) is 77.9. The molecule has 2 N–H and O–H groups in total. The fourth-order valence-corrected chi connectivity index (χ4v) is 16.2. The highest BCUT2D eigenvalue weighted by Gasteiger charge is 2.26. The number of fused-ring (bicyclic) bond motifs is 8. The van der Waals surface area contributed by atoms with Gasteiger partial charge in [0.15, 0.2) is 0 Å². The standard InChI is InChI=1S/C108H142N4O16/c1-9-17-25-33-41-49-97(113)121-81-65-77(66-82(73-81)122-98(114)50-42-34-26-18-10-2)105-89-57-59-91(109-89)106(78-67-83(123-99(115)51-43-35-27-19-11-3)74-84(68-78)124-100(116)52-44-36-28-20-12-4)93-61-63-95(111-93)108(80-71-87(127-103(119)55-47-39-31-23-15-7)76-88(72-80)128-104(120)56-48-40-32-24-16-8)96-64-62-94(112-96)107(92-60-58-90(105)110-92)79-69-85(125-101(117)53-45-37-29-21-13-5)75-86(70-79)126-102(118)54-46-38-30-22-14-6/h57-76,109,112H,9-56H2,1-8H3. The lowest BCUT2D eigenvalue weighted by atomic mass is 10.0. The largest absolute Gasteiger partial charge is 0.426 e. The van der Waals surface area contributed by atoms with E-state index in [9.17, 15) is 38.4 Å². The van der Waals surface area contributed by atoms with E-state index in [0.29, 0.717) is 141 Å². The molecular weight excluding hydrogens is 1610 g/mol. The number of ether oxygens (including phenoxy) is 8. The van der Waals surface area contributed by atoms with Crippen LogP contribution >= 0.6 is 0 Å². The van der Waals surface area contributed by atoms with Crippen LogP contribution < -0.4 is 37.9 Å². The summed E-state index contributed by atoms with van der Waals surface area (Å²) in [4.78, 5) is 132. The smallest absolute Gasteiger partial charge is 0.311 e. The Morgan fingerprint density at radius 2 is 0.344 bits per heavy atom. The van der Waals surface area contributed by atoms with Gasteiger partial charge in [-0.3, -0.25) is 38.4 Å². The number of carbonyl (C=O) groups is 8. The third-order valence-electron chi connectivity index (χ3n) is 23.2. The number of H-pyrrole nitrogens is 2. The number of rotatable bonds is 60. The average molecular weight is 1750 g/mol. The lowest BCUT2D eigenvalue weighted by molar-refractivity contribution is -0.135. The molecule has 0 saturated heterocycles. The van der Waals surface area contributed by atoms with Crippen LogP contribution in [0.1, 0.15) is 386 Å². The van der Waals surface area contributed by atoms with Crippen LogP contribution in [-0.2, 0) is 38.4 Å². The van der Waals surface area contributed by atoms with Gasteiger partial charge in [0.1, 0.15) is 46.0 Å². The molecule has 2 aliphatic rings. The zero-order valence-corrected chi connectivity index (χ0v) is 77.9. The Bertz CT molecular complexity index is 4210. The van der Waals surface area contributed by atoms with Gasteiger partial charge < -0.3 is 47.9 Å². The Morgan fingerprint density at radius 1 is 0.203 bits per heavy atom. The van der Waals surface area contributed by atoms with E-state index in [1.807, 2.05) is 48.6 Å². The molecule has 690 valence electrons. The Morgan fingerprint density at radius 3 is 0.484 bits per heavy atom. The van der Waals surface area contributed by atoms with Crippen molar-refractivity contribution in [3.63, 3.8) is 0 Å². The molecule has 0 amide bonds. The molecule has 0 saturated carbocycles. The van der Waals surface area contributed by atoms with Gasteiger partial charge in [0, 0.05) is 120 Å². The van der Waals surface area contributed by atoms with Gasteiger partial charge in [-0.1, -0.05) is 261 Å². The summed E-state index contributed by atoms with van der Waals surface area (Å²) in [7, 11) is 0. The fraction of sp³-hybridized carbons (Fsp3) is 0.519. The molecule has 20 nitrogen and oxygen atoms in total. The molecule has 2 aliphatic heterocycles. The van der Waals surface area contributed by atoms with Gasteiger partial charge in [0.05, 0.1) is 22.8 Å². The van der Waals surface area contributed by atoms with Crippen molar-refractivity contribution < 1.29 is 76.3 Å². The second-order valence-electron chi connectivity index (χ2n) is 34.4. The molecule has 9 rings (SSSR count). The first-order chi connectivity index (χ1) is 62.4. The van der Waals surface area contributed by atoms with Crippen molar-refractivity contribution in [2.75, 3.05) is 0 Å². The van der Waals surface area contributed by atoms with Crippen molar-refractivity contribution in [2.24, 2.45) is 0 Å². The molecule has 0 radical (unpaired) electrons. The summed E-state index contributed by atoms with van der Waals surface area (Å²) in [5.41, 5.74) is 6.91. The third kappa shape index (κ3) is 34.4. The monoisotopic (exact) mass is 1750 g/mol. The predicted octanol–water partition coefficient (Wildman–Crippen LogP) is 29.5. The van der Waals surface area contributed by atoms with Gasteiger partial charge in [-0.05, 0) is 171 Å². The maximum Gasteiger partial charge on any atom is 0.311 e. The van der Waals surface area contributed by atoms with Crippen molar-refractivity contribution in [1.82, 2.24) is 19.9 Å². The Balaban J connectivity index is 1.42. The number of esters is 8. The van der Waals surface area contributed by atoms with Crippen molar-refractivity contribution in [2.45, 2.75) is 364 Å². The van der Waals surface area contributed by atoms with Crippen LogP contribution in [0.2, 0.25) is 0 Å². The zero-order chi connectivity index (χ0) is 91.0. The van der Waals surface area contributed by atoms with Crippen molar-refractivity contribution >= 4 is 94.1 Å². The number of carbonyl (C=O) groups excluding carboxylic acids is 8. The topological polar surface area (TPSA) is 268 Å². The molecule has 0 unspecified atom stereocenters. The fourth-order valence-electron chi connectivity index (χ4n) is 16.2. The first-order valence-electron chi connectivity index (χ1n) is 48.8. The van der Waals surface area contributed by atoms with Crippen molar-refractivity contribution in [3.8, 4) is 90.5 Å². The van der Waals surface area contributed by atoms with Crippen LogP contribution in [0, 0.1) is 0 Å². The molecule has 0 atom stereocenters. The maximum absolute atomic E-state index is 14.2. The van der Waals surface area contributed by atoms with Crippen LogP contribution in [0.25, 0.3) is 90.9 Å². The molecule has 128 heavy (non-hydrogen) atoms. The van der Waals surface area contributed by atoms with E-state index in [-0.39, 0.29) is 97.4 Å². The van der Waals surface area contributed by atoms with E-state index in [2.05, 4.69) is 65.4 Å². The Hall–Kier alpha value is -10.8. The van der Waals surface area contributed by atoms with E-state index in [0.717, 1.165) is 205 Å². The maximum atomic E-state index is 14.2. The number of aromatic amines is 2. The highest BCUT2D eigenvalue weighted by Crippen LogP contribution is 2.45. The van der Waals surface area contributed by atoms with Gasteiger partial charge in [-0.15, -0.1) is 0 Å². The molecule has 7 aromatic rings. The van der Waals surface area contributed by atoms with Gasteiger partial charge in [0.2, 0.25) is 0 Å². The van der Waals surface area contributed by atoms with Crippen LogP contribution in [0.4, 0.5) is 0 Å². The summed E-state index contributed by atoms with van der Waals surface area (Å²) in [6.07, 6.45) is 44.7. The predicted molar refractivity (Wildman–Crippen MR) is 513 cm³/mol. The quantitative estimate of drug-likeness (QED) is 0.0204. The molecule has 3 aromatic heterocycles. The number of aromatic nitrogens is 4. The van der Waals surface area contributed by atoms with Gasteiger partial charge in [-0.25, -0.2) is 9.97 Å². The number of hydrogen-bond acceptors (Lipinski definition) is 18. The molecule has 0 aliphatic carbocycles. The summed E-state index contributed by atoms with van der Waals surface area (Å²) >= 11 is 0. The number of benzene rings is 4. The number of unbranched alkanes of at least 4 members (excludes halogenated alkanes) is 32. The highest BCUT2D eigenvalue weighted by molar-refractivity contribution is 6.01.